The lowest BCUT2D eigenvalue weighted by Gasteiger charge is -2.30. The van der Waals surface area contributed by atoms with Crippen LogP contribution < -0.4 is 16.0 Å². The third-order valence-corrected chi connectivity index (χ3v) is 9.27. The molecule has 11 nitrogen and oxygen atoms in total. The first-order valence-electron chi connectivity index (χ1n) is 18.5. The predicted molar refractivity (Wildman–Crippen MR) is 189 cm³/mol. The van der Waals surface area contributed by atoms with Crippen LogP contribution in [0.2, 0.25) is 0 Å². The highest BCUT2D eigenvalue weighted by Crippen LogP contribution is 2.23. The fourth-order valence-electron chi connectivity index (χ4n) is 6.01. The molecule has 0 radical (unpaired) electrons. The molecular weight excluding hydrogens is 626 g/mol. The van der Waals surface area contributed by atoms with Crippen molar-refractivity contribution in [1.29, 1.82) is 0 Å². The number of rotatable bonds is 18. The van der Waals surface area contributed by atoms with Crippen molar-refractivity contribution in [3.05, 3.63) is 35.9 Å². The van der Waals surface area contributed by atoms with Crippen LogP contribution in [0.3, 0.4) is 0 Å². The lowest BCUT2D eigenvalue weighted by molar-refractivity contribution is -0.160. The molecule has 0 bridgehead atoms. The molecule has 1 aromatic rings. The molecule has 1 heterocycles. The van der Waals surface area contributed by atoms with Crippen LogP contribution in [-0.4, -0.2) is 76.9 Å². The maximum absolute atomic E-state index is 13.7. The Labute approximate surface area is 293 Å². The summed E-state index contributed by atoms with van der Waals surface area (Å²) in [5.74, 6) is -3.74. The molecule has 0 saturated carbocycles. The van der Waals surface area contributed by atoms with E-state index in [0.717, 1.165) is 31.2 Å². The molecule has 1 fully saturated rings. The minimum Gasteiger partial charge on any atom is -0.460 e. The van der Waals surface area contributed by atoms with Gasteiger partial charge in [0, 0.05) is 5.92 Å². The number of unbranched alkanes of at least 4 members (excludes halogenated alkanes) is 10. The van der Waals surface area contributed by atoms with Gasteiger partial charge in [-0.05, 0) is 31.2 Å². The number of hydrogen-bond acceptors (Lipinski definition) is 8. The number of aliphatic hydroxyl groups excluding tert-OH is 2. The van der Waals surface area contributed by atoms with Gasteiger partial charge in [-0.2, -0.15) is 0 Å². The number of benzene rings is 1. The van der Waals surface area contributed by atoms with Crippen LogP contribution in [0.25, 0.3) is 0 Å². The van der Waals surface area contributed by atoms with Crippen molar-refractivity contribution in [3.8, 4) is 0 Å². The Balaban J connectivity index is 2.22. The number of carbonyl (C=O) groups excluding carboxylic acids is 4. The third kappa shape index (κ3) is 16.0. The van der Waals surface area contributed by atoms with Gasteiger partial charge in [0.25, 0.3) is 0 Å². The Bertz CT molecular complexity index is 1120. The topological polar surface area (TPSA) is 163 Å². The normalized spacial score (nSPS) is 25.1. The Morgan fingerprint density at radius 3 is 1.96 bits per heavy atom. The van der Waals surface area contributed by atoms with Gasteiger partial charge >= 0.3 is 5.97 Å². The van der Waals surface area contributed by atoms with Gasteiger partial charge < -0.3 is 35.6 Å². The second kappa shape index (κ2) is 23.4. The third-order valence-electron chi connectivity index (χ3n) is 9.27. The summed E-state index contributed by atoms with van der Waals surface area (Å²) in [5.41, 5.74) is 0.872. The standard InChI is InChI=1S/C38H63N3O8/c1-6-7-8-9-10-11-12-13-14-15-19-22-32-27(4)31(43)23-33(44)40-34(26(2)3)36(45)41-35(28(5)42)37(46)39-30(38(47)49-32)25-48-24-29-20-17-16-18-21-29/h16-18,20-21,26-28,30-32,34-35,42-43H,6-15,19,22-25H2,1-5H3,(H,39,46)(H,40,44)(H,41,45)/t27-,28-,30+,31+,32-,34+,35+/m1/s1. The molecule has 5 N–H and O–H groups in total. The number of cyclic esters (lactones) is 1. The van der Waals surface area contributed by atoms with Gasteiger partial charge in [-0.3, -0.25) is 14.4 Å². The molecule has 1 aromatic carbocycles. The van der Waals surface area contributed by atoms with Crippen LogP contribution in [0.5, 0.6) is 0 Å². The molecule has 0 aromatic heterocycles. The number of amides is 3. The highest BCUT2D eigenvalue weighted by Gasteiger charge is 2.37. The summed E-state index contributed by atoms with van der Waals surface area (Å²) in [6.07, 6.45) is 9.71. The molecular formula is C38H63N3O8. The molecule has 49 heavy (non-hydrogen) atoms. The smallest absolute Gasteiger partial charge is 0.331 e. The Hall–Kier alpha value is -3.02. The zero-order valence-electron chi connectivity index (χ0n) is 30.5. The summed E-state index contributed by atoms with van der Waals surface area (Å²) in [5, 5.41) is 29.4. The molecule has 1 aliphatic heterocycles. The molecule has 3 amide bonds. The van der Waals surface area contributed by atoms with Crippen LogP contribution >= 0.6 is 0 Å². The Kier molecular flexibility index (Phi) is 20.1. The number of nitrogens with one attached hydrogen (secondary N) is 3. The van der Waals surface area contributed by atoms with Crippen LogP contribution in [0.4, 0.5) is 0 Å². The maximum Gasteiger partial charge on any atom is 0.331 e. The van der Waals surface area contributed by atoms with E-state index < -0.39 is 66.0 Å². The molecule has 11 heteroatoms. The molecule has 7 atom stereocenters. The van der Waals surface area contributed by atoms with Gasteiger partial charge in [-0.25, -0.2) is 4.79 Å². The zero-order valence-corrected chi connectivity index (χ0v) is 30.5. The van der Waals surface area contributed by atoms with Gasteiger partial charge in [-0.1, -0.05) is 122 Å². The molecule has 0 unspecified atom stereocenters. The van der Waals surface area contributed by atoms with E-state index in [4.69, 9.17) is 9.47 Å². The van der Waals surface area contributed by atoms with Gasteiger partial charge in [0.1, 0.15) is 18.2 Å². The summed E-state index contributed by atoms with van der Waals surface area (Å²) in [6, 6.07) is 5.66. The van der Waals surface area contributed by atoms with Crippen LogP contribution in [0, 0.1) is 11.8 Å². The number of hydrogen-bond donors (Lipinski definition) is 5. The number of esters is 1. The zero-order chi connectivity index (χ0) is 36.2. The number of aliphatic hydroxyl groups is 2. The summed E-state index contributed by atoms with van der Waals surface area (Å²) >= 11 is 0. The van der Waals surface area contributed by atoms with E-state index in [1.807, 2.05) is 30.3 Å². The first-order valence-corrected chi connectivity index (χ1v) is 18.5. The number of ether oxygens (including phenoxy) is 2. The monoisotopic (exact) mass is 689 g/mol. The van der Waals surface area contributed by atoms with E-state index >= 15 is 0 Å². The Morgan fingerprint density at radius 1 is 0.816 bits per heavy atom. The van der Waals surface area contributed by atoms with Gasteiger partial charge in [0.05, 0.1) is 31.8 Å². The molecule has 0 spiro atoms. The largest absolute Gasteiger partial charge is 0.460 e. The summed E-state index contributed by atoms with van der Waals surface area (Å²) < 4.78 is 11.8. The van der Waals surface area contributed by atoms with Gasteiger partial charge in [0.15, 0.2) is 6.04 Å². The van der Waals surface area contributed by atoms with Gasteiger partial charge in [0.2, 0.25) is 17.7 Å². The van der Waals surface area contributed by atoms with E-state index in [9.17, 15) is 29.4 Å². The minimum absolute atomic E-state index is 0.179. The minimum atomic E-state index is -1.42. The maximum atomic E-state index is 13.7. The van der Waals surface area contributed by atoms with Crippen molar-refractivity contribution >= 4 is 23.7 Å². The van der Waals surface area contributed by atoms with E-state index in [1.54, 1.807) is 20.8 Å². The fourth-order valence-corrected chi connectivity index (χ4v) is 6.01. The van der Waals surface area contributed by atoms with Crippen molar-refractivity contribution in [3.63, 3.8) is 0 Å². The SMILES string of the molecule is CCCCCCCCCCCCC[C@H]1OC(=O)[C@H](COCc2ccccc2)NC(=O)[C@H]([C@@H](C)O)NC(=O)[C@H](C(C)C)NC(=O)C[C@H](O)[C@H]1C. The molecule has 278 valence electrons. The van der Waals surface area contributed by atoms with Crippen molar-refractivity contribution in [2.45, 2.75) is 161 Å². The molecule has 2 rings (SSSR count). The fraction of sp³-hybridized carbons (Fsp3) is 0.737. The van der Waals surface area contributed by atoms with Crippen molar-refractivity contribution in [1.82, 2.24) is 16.0 Å². The highest BCUT2D eigenvalue weighted by atomic mass is 16.6. The van der Waals surface area contributed by atoms with E-state index in [-0.39, 0.29) is 25.6 Å². The van der Waals surface area contributed by atoms with Crippen LogP contribution in [0.15, 0.2) is 30.3 Å². The molecule has 1 aliphatic rings. The average Bonchev–Trinajstić information content (AvgIpc) is 3.06. The van der Waals surface area contributed by atoms with E-state index in [2.05, 4.69) is 22.9 Å². The van der Waals surface area contributed by atoms with Crippen LogP contribution in [-0.2, 0) is 35.3 Å². The summed E-state index contributed by atoms with van der Waals surface area (Å²) in [7, 11) is 0. The first-order chi connectivity index (χ1) is 23.4. The Morgan fingerprint density at radius 2 is 1.39 bits per heavy atom. The lowest BCUT2D eigenvalue weighted by Crippen LogP contribution is -2.60. The van der Waals surface area contributed by atoms with E-state index in [0.29, 0.717) is 6.42 Å². The number of carbonyl (C=O) groups is 4. The first kappa shape index (κ1) is 42.1. The lowest BCUT2D eigenvalue weighted by atomic mass is 9.91. The average molecular weight is 690 g/mol. The summed E-state index contributed by atoms with van der Waals surface area (Å²) in [4.78, 5) is 53.5. The molecule has 0 aliphatic carbocycles. The predicted octanol–water partition coefficient (Wildman–Crippen LogP) is 4.71. The van der Waals surface area contributed by atoms with Crippen molar-refractivity contribution in [2.75, 3.05) is 6.61 Å². The van der Waals surface area contributed by atoms with E-state index in [1.165, 1.54) is 51.9 Å². The quantitative estimate of drug-likeness (QED) is 0.109. The second-order valence-corrected chi connectivity index (χ2v) is 14.0. The van der Waals surface area contributed by atoms with Gasteiger partial charge in [-0.15, -0.1) is 0 Å². The van der Waals surface area contributed by atoms with Crippen LogP contribution in [0.1, 0.15) is 124 Å². The second-order valence-electron chi connectivity index (χ2n) is 14.0. The highest BCUT2D eigenvalue weighted by molar-refractivity contribution is 5.94. The van der Waals surface area contributed by atoms with Crippen molar-refractivity contribution < 1.29 is 38.9 Å². The molecule has 1 saturated heterocycles. The van der Waals surface area contributed by atoms with Crippen molar-refractivity contribution in [2.24, 2.45) is 11.8 Å². The summed E-state index contributed by atoms with van der Waals surface area (Å²) in [6.45, 7) is 8.75.